The molecule has 7 nitrogen and oxygen atoms in total. The van der Waals surface area contributed by atoms with Gasteiger partial charge in [-0.2, -0.15) is 4.52 Å². The lowest BCUT2D eigenvalue weighted by molar-refractivity contribution is 0.0378. The molecule has 8 heteroatoms. The number of rotatable bonds is 6. The molecule has 0 aliphatic carbocycles. The Morgan fingerprint density at radius 1 is 1.00 bits per heavy atom. The zero-order valence-electron chi connectivity index (χ0n) is 20.7. The molecule has 5 aromatic rings. The average molecular weight is 502 g/mol. The summed E-state index contributed by atoms with van der Waals surface area (Å²) in [6.45, 7) is 9.37. The third-order valence-corrected chi connectivity index (χ3v) is 7.21. The molecule has 0 saturated carbocycles. The smallest absolute Gasteiger partial charge is 0.283 e. The summed E-state index contributed by atoms with van der Waals surface area (Å²) in [4.78, 5) is 21.7. The number of benzene rings is 2. The topological polar surface area (TPSA) is 71.8 Å². The second-order valence-electron chi connectivity index (χ2n) is 8.48. The van der Waals surface area contributed by atoms with Crippen LogP contribution in [0.5, 0.6) is 0 Å². The van der Waals surface area contributed by atoms with Crippen LogP contribution < -0.4 is 10.9 Å². The summed E-state index contributed by atoms with van der Waals surface area (Å²) in [5.41, 5.74) is 2.37. The quantitative estimate of drug-likeness (QED) is 0.252. The molecule has 1 N–H and O–H groups in total. The molecule has 0 radical (unpaired) electrons. The lowest BCUT2D eigenvalue weighted by Gasteiger charge is -2.26. The summed E-state index contributed by atoms with van der Waals surface area (Å²) in [6, 6.07) is 18.0. The molecule has 36 heavy (non-hydrogen) atoms. The average Bonchev–Trinajstić information content (AvgIpc) is 3.38. The molecular weight excluding hydrogens is 470 g/mol. The molecule has 0 bridgehead atoms. The van der Waals surface area contributed by atoms with Gasteiger partial charge in [0.1, 0.15) is 4.83 Å². The van der Waals surface area contributed by atoms with Gasteiger partial charge >= 0.3 is 0 Å². The van der Waals surface area contributed by atoms with Crippen LogP contribution in [0.4, 0.5) is 5.82 Å². The van der Waals surface area contributed by atoms with E-state index in [-0.39, 0.29) is 5.56 Å². The third kappa shape index (κ3) is 4.72. The molecule has 0 amide bonds. The highest BCUT2D eigenvalue weighted by Crippen LogP contribution is 2.32. The Balaban J connectivity index is 0.00000130. The number of fused-ring (bicyclic) bond motifs is 4. The first kappa shape index (κ1) is 24.4. The maximum atomic E-state index is 13.7. The Kier molecular flexibility index (Phi) is 7.55. The van der Waals surface area contributed by atoms with Crippen molar-refractivity contribution >= 4 is 43.8 Å². The number of hydrogen-bond donors (Lipinski definition) is 1. The summed E-state index contributed by atoms with van der Waals surface area (Å²) in [5.74, 6) is 0.713. The maximum absolute atomic E-state index is 13.7. The lowest BCUT2D eigenvalue weighted by atomic mass is 10.1. The second-order valence-corrected chi connectivity index (χ2v) is 9.33. The van der Waals surface area contributed by atoms with Crippen LogP contribution in [0.2, 0.25) is 0 Å². The van der Waals surface area contributed by atoms with Crippen molar-refractivity contribution < 1.29 is 4.74 Å². The van der Waals surface area contributed by atoms with Gasteiger partial charge < -0.3 is 10.1 Å². The Bertz CT molecular complexity index is 1520. The fourth-order valence-electron chi connectivity index (χ4n) is 4.58. The van der Waals surface area contributed by atoms with Crippen LogP contribution in [-0.4, -0.2) is 58.9 Å². The van der Waals surface area contributed by atoms with E-state index in [9.17, 15) is 4.79 Å². The van der Waals surface area contributed by atoms with E-state index in [1.807, 2.05) is 73.8 Å². The predicted octanol–water partition coefficient (Wildman–Crippen LogP) is 5.28. The molecule has 1 fully saturated rings. The first-order chi connectivity index (χ1) is 17.8. The molecule has 1 aliphatic rings. The second kappa shape index (κ2) is 11.2. The Labute approximate surface area is 214 Å². The van der Waals surface area contributed by atoms with Crippen LogP contribution >= 0.6 is 11.3 Å². The lowest BCUT2D eigenvalue weighted by Crippen LogP contribution is -2.37. The van der Waals surface area contributed by atoms with Gasteiger partial charge in [-0.25, -0.2) is 4.98 Å². The summed E-state index contributed by atoms with van der Waals surface area (Å²) in [5, 5.41) is 12.8. The molecular formula is C28H31N5O2S. The number of morpholine rings is 1. The first-order valence-electron chi connectivity index (χ1n) is 12.6. The zero-order valence-corrected chi connectivity index (χ0v) is 21.6. The highest BCUT2D eigenvalue weighted by Gasteiger charge is 2.18. The minimum absolute atomic E-state index is 0.137. The van der Waals surface area contributed by atoms with Gasteiger partial charge in [-0.3, -0.25) is 9.69 Å². The first-order valence-corrected chi connectivity index (χ1v) is 13.5. The van der Waals surface area contributed by atoms with E-state index in [0.717, 1.165) is 72.5 Å². The van der Waals surface area contributed by atoms with Crippen LogP contribution in [0.25, 0.3) is 37.8 Å². The Morgan fingerprint density at radius 3 is 2.50 bits per heavy atom. The third-order valence-electron chi connectivity index (χ3n) is 6.34. The molecule has 0 spiro atoms. The predicted molar refractivity (Wildman–Crippen MR) is 149 cm³/mol. The van der Waals surface area contributed by atoms with Crippen LogP contribution in [0, 0.1) is 0 Å². The van der Waals surface area contributed by atoms with Gasteiger partial charge in [0.15, 0.2) is 11.5 Å². The van der Waals surface area contributed by atoms with Gasteiger partial charge in [0.05, 0.1) is 18.6 Å². The highest BCUT2D eigenvalue weighted by atomic mass is 32.1. The van der Waals surface area contributed by atoms with Gasteiger partial charge in [-0.15, -0.1) is 16.4 Å². The van der Waals surface area contributed by atoms with Crippen LogP contribution in [-0.2, 0) is 4.74 Å². The van der Waals surface area contributed by atoms with Gasteiger partial charge in [0.25, 0.3) is 5.56 Å². The molecule has 186 valence electrons. The largest absolute Gasteiger partial charge is 0.379 e. The Hall–Kier alpha value is -3.33. The number of aromatic nitrogens is 3. The van der Waals surface area contributed by atoms with E-state index in [1.165, 1.54) is 15.9 Å². The number of nitrogens with zero attached hydrogens (tertiary/aromatic N) is 4. The molecule has 2 aromatic carbocycles. The summed E-state index contributed by atoms with van der Waals surface area (Å²) < 4.78 is 6.90. The molecule has 3 aromatic heterocycles. The maximum Gasteiger partial charge on any atom is 0.283 e. The molecule has 0 unspecified atom stereocenters. The summed E-state index contributed by atoms with van der Waals surface area (Å²) >= 11 is 1.50. The van der Waals surface area contributed by atoms with Crippen LogP contribution in [0.1, 0.15) is 20.3 Å². The molecule has 6 rings (SSSR count). The van der Waals surface area contributed by atoms with E-state index >= 15 is 0 Å². The minimum atomic E-state index is -0.137. The van der Waals surface area contributed by atoms with Crippen molar-refractivity contribution in [3.63, 3.8) is 0 Å². The van der Waals surface area contributed by atoms with Crippen molar-refractivity contribution in [3.05, 3.63) is 70.3 Å². The van der Waals surface area contributed by atoms with Crippen molar-refractivity contribution in [1.29, 1.82) is 0 Å². The fourth-order valence-corrected chi connectivity index (χ4v) is 5.52. The van der Waals surface area contributed by atoms with Gasteiger partial charge in [0.2, 0.25) is 0 Å². The molecule has 0 atom stereocenters. The van der Waals surface area contributed by atoms with Gasteiger partial charge in [-0.1, -0.05) is 68.4 Å². The zero-order chi connectivity index (χ0) is 24.9. The number of hydrogen-bond acceptors (Lipinski definition) is 7. The molecule has 1 aliphatic heterocycles. The van der Waals surface area contributed by atoms with Crippen molar-refractivity contribution in [2.45, 2.75) is 20.3 Å². The van der Waals surface area contributed by atoms with Gasteiger partial charge in [-0.05, 0) is 18.5 Å². The van der Waals surface area contributed by atoms with E-state index in [4.69, 9.17) is 14.8 Å². The highest BCUT2D eigenvalue weighted by molar-refractivity contribution is 7.17. The van der Waals surface area contributed by atoms with Crippen LogP contribution in [0.3, 0.4) is 0 Å². The summed E-state index contributed by atoms with van der Waals surface area (Å²) in [6.07, 6.45) is 0.989. The van der Waals surface area contributed by atoms with E-state index in [2.05, 4.69) is 10.2 Å². The summed E-state index contributed by atoms with van der Waals surface area (Å²) in [7, 11) is 0. The SMILES string of the molecule is CC.O=c1c2c(-c3ccccc3)csc2nc2c3ccccc3c(NCCCN3CCOCC3)nn12. The van der Waals surface area contributed by atoms with E-state index in [1.54, 1.807) is 0 Å². The number of nitrogens with one attached hydrogen (secondary N) is 1. The number of thiophene rings is 1. The normalized spacial score (nSPS) is 14.2. The fraction of sp³-hybridized carbons (Fsp3) is 0.321. The van der Waals surface area contributed by atoms with Gasteiger partial charge in [0, 0.05) is 41.4 Å². The Morgan fingerprint density at radius 2 is 1.72 bits per heavy atom. The molecule has 1 saturated heterocycles. The monoisotopic (exact) mass is 501 g/mol. The van der Waals surface area contributed by atoms with Crippen molar-refractivity contribution in [2.75, 3.05) is 44.7 Å². The van der Waals surface area contributed by atoms with Crippen molar-refractivity contribution in [3.8, 4) is 11.1 Å². The standard InChI is InChI=1S/C26H25N5O2S.C2H6/c32-26-22-21(18-7-2-1-3-8-18)17-34-25(22)28-24-20-10-5-4-9-19(20)23(29-31(24)26)27-11-6-12-30-13-15-33-16-14-30;1-2/h1-5,7-10,17H,6,11-16H2,(H,27,29);1-2H3. The van der Waals surface area contributed by atoms with Crippen molar-refractivity contribution in [2.24, 2.45) is 0 Å². The van der Waals surface area contributed by atoms with Crippen LogP contribution in [0.15, 0.2) is 64.8 Å². The van der Waals surface area contributed by atoms with Crippen molar-refractivity contribution in [1.82, 2.24) is 19.5 Å². The van der Waals surface area contributed by atoms with E-state index in [0.29, 0.717) is 16.9 Å². The van der Waals surface area contributed by atoms with E-state index < -0.39 is 0 Å². The number of anilines is 1. The number of ether oxygens (including phenoxy) is 1. The molecule has 4 heterocycles. The minimum Gasteiger partial charge on any atom is -0.379 e.